The van der Waals surface area contributed by atoms with Crippen molar-refractivity contribution in [2.24, 2.45) is 0 Å². The third kappa shape index (κ3) is 4.95. The molecule has 0 N–H and O–H groups in total. The van der Waals surface area contributed by atoms with Crippen molar-refractivity contribution >= 4 is 54.0 Å². The number of aromatic nitrogens is 2. The van der Waals surface area contributed by atoms with E-state index in [9.17, 15) is 0 Å². The number of hydrogen-bond acceptors (Lipinski definition) is 2. The van der Waals surface area contributed by atoms with Crippen LogP contribution < -0.4 is 0 Å². The summed E-state index contributed by atoms with van der Waals surface area (Å²) in [5.41, 5.74) is 11.0. The fourth-order valence-electron chi connectivity index (χ4n) is 7.93. The fraction of sp³-hybridized carbons (Fsp3) is 0.0400. The highest BCUT2D eigenvalue weighted by atomic mass is 14.9. The zero-order valence-corrected chi connectivity index (χ0v) is 29.1. The van der Waals surface area contributed by atoms with Gasteiger partial charge in [0.2, 0.25) is 0 Å². The van der Waals surface area contributed by atoms with Crippen molar-refractivity contribution in [2.45, 2.75) is 13.8 Å². The number of fused-ring (bicyclic) bond motifs is 7. The molecule has 0 unspecified atom stereocenters. The van der Waals surface area contributed by atoms with E-state index in [2.05, 4.69) is 184 Å². The van der Waals surface area contributed by atoms with Crippen LogP contribution in [0.15, 0.2) is 170 Å². The average Bonchev–Trinajstić information content (AvgIpc) is 3.20. The van der Waals surface area contributed by atoms with Crippen LogP contribution in [0, 0.1) is 13.8 Å². The van der Waals surface area contributed by atoms with Gasteiger partial charge in [-0.25, -0.2) is 9.97 Å². The van der Waals surface area contributed by atoms with E-state index >= 15 is 0 Å². The Labute approximate surface area is 302 Å². The van der Waals surface area contributed by atoms with E-state index in [4.69, 9.17) is 9.97 Å². The molecule has 0 radical (unpaired) electrons. The van der Waals surface area contributed by atoms with Gasteiger partial charge in [-0.1, -0.05) is 157 Å². The van der Waals surface area contributed by atoms with Gasteiger partial charge in [-0.15, -0.1) is 0 Å². The Kier molecular flexibility index (Phi) is 6.97. The van der Waals surface area contributed by atoms with Crippen molar-refractivity contribution in [2.75, 3.05) is 0 Å². The Morgan fingerprint density at radius 3 is 1.40 bits per heavy atom. The summed E-state index contributed by atoms with van der Waals surface area (Å²) >= 11 is 0. The molecule has 52 heavy (non-hydrogen) atoms. The minimum atomic E-state index is 0.721. The third-order valence-corrected chi connectivity index (χ3v) is 10.6. The van der Waals surface area contributed by atoms with Crippen LogP contribution in [-0.2, 0) is 0 Å². The van der Waals surface area contributed by atoms with Crippen LogP contribution in [0.5, 0.6) is 0 Å². The quantitative estimate of drug-likeness (QED) is 0.175. The summed E-state index contributed by atoms with van der Waals surface area (Å²) in [6.07, 6.45) is 0. The summed E-state index contributed by atoms with van der Waals surface area (Å²) < 4.78 is 0. The van der Waals surface area contributed by atoms with E-state index in [0.717, 1.165) is 50.2 Å². The van der Waals surface area contributed by atoms with Crippen molar-refractivity contribution in [1.29, 1.82) is 0 Å². The van der Waals surface area contributed by atoms with E-state index in [-0.39, 0.29) is 0 Å². The molecule has 2 nitrogen and oxygen atoms in total. The molecule has 0 aliphatic rings. The van der Waals surface area contributed by atoms with Gasteiger partial charge in [-0.3, -0.25) is 0 Å². The molecule has 10 aromatic rings. The molecule has 0 atom stereocenters. The number of hydrogen-bond donors (Lipinski definition) is 0. The number of nitrogens with zero attached hydrogens (tertiary/aromatic N) is 2. The van der Waals surface area contributed by atoms with Crippen molar-refractivity contribution in [3.63, 3.8) is 0 Å². The molecule has 0 amide bonds. The number of rotatable bonds is 4. The lowest BCUT2D eigenvalue weighted by Crippen LogP contribution is -1.99. The predicted octanol–water partition coefficient (Wildman–Crippen LogP) is 13.5. The van der Waals surface area contributed by atoms with E-state index in [0.29, 0.717) is 0 Å². The smallest absolute Gasteiger partial charge is 0.160 e. The maximum Gasteiger partial charge on any atom is 0.160 e. The lowest BCUT2D eigenvalue weighted by molar-refractivity contribution is 1.23. The molecule has 0 aliphatic heterocycles. The molecule has 244 valence electrons. The number of aryl methyl sites for hydroxylation is 2. The van der Waals surface area contributed by atoms with Crippen LogP contribution >= 0.6 is 0 Å². The van der Waals surface area contributed by atoms with E-state index in [1.165, 1.54) is 59.8 Å². The van der Waals surface area contributed by atoms with E-state index < -0.39 is 0 Å². The summed E-state index contributed by atoms with van der Waals surface area (Å²) in [7, 11) is 0. The monoisotopic (exact) mass is 662 g/mol. The molecule has 0 aliphatic carbocycles. The zero-order chi connectivity index (χ0) is 34.8. The second kappa shape index (κ2) is 12.0. The fourth-order valence-corrected chi connectivity index (χ4v) is 7.93. The molecule has 2 heteroatoms. The molecule has 0 fully saturated rings. The van der Waals surface area contributed by atoms with Crippen LogP contribution in [0.2, 0.25) is 0 Å². The standard InChI is InChI=1S/C50H34N2/c1-31-19-23-33(24-20-31)48-47-30-37(44-27-35-11-3-5-13-38(35)40-15-7-9-17-42(40)44)29-46(49(47)52-50(51-48)34-25-21-32(2)22-26-34)45-28-36-12-4-6-14-39(36)41-16-8-10-18-43(41)45/h3-30H,1-2H3. The minimum Gasteiger partial charge on any atom is -0.227 e. The predicted molar refractivity (Wildman–Crippen MR) is 221 cm³/mol. The van der Waals surface area contributed by atoms with Crippen LogP contribution in [0.4, 0.5) is 0 Å². The minimum absolute atomic E-state index is 0.721. The molecule has 0 saturated heterocycles. The molecular formula is C50H34N2. The van der Waals surface area contributed by atoms with Gasteiger partial charge in [0, 0.05) is 22.1 Å². The van der Waals surface area contributed by atoms with Crippen LogP contribution in [0.25, 0.3) is 98.9 Å². The van der Waals surface area contributed by atoms with Crippen molar-refractivity contribution in [1.82, 2.24) is 9.97 Å². The van der Waals surface area contributed by atoms with Gasteiger partial charge in [0.25, 0.3) is 0 Å². The first-order valence-electron chi connectivity index (χ1n) is 17.9. The van der Waals surface area contributed by atoms with Crippen LogP contribution in [0.1, 0.15) is 11.1 Å². The summed E-state index contributed by atoms with van der Waals surface area (Å²) in [5, 5.41) is 10.9. The Balaban J connectivity index is 1.39. The first kappa shape index (κ1) is 30.2. The molecule has 10 rings (SSSR count). The second-order valence-electron chi connectivity index (χ2n) is 13.9. The van der Waals surface area contributed by atoms with Crippen LogP contribution in [0.3, 0.4) is 0 Å². The Bertz CT molecular complexity index is 3010. The average molecular weight is 663 g/mol. The highest BCUT2D eigenvalue weighted by Gasteiger charge is 2.20. The topological polar surface area (TPSA) is 25.8 Å². The lowest BCUT2D eigenvalue weighted by atomic mass is 9.87. The van der Waals surface area contributed by atoms with Crippen molar-refractivity contribution in [3.8, 4) is 44.9 Å². The molecule has 1 aromatic heterocycles. The number of benzene rings is 9. The lowest BCUT2D eigenvalue weighted by Gasteiger charge is -2.18. The van der Waals surface area contributed by atoms with Crippen molar-refractivity contribution in [3.05, 3.63) is 181 Å². The van der Waals surface area contributed by atoms with Crippen molar-refractivity contribution < 1.29 is 0 Å². The van der Waals surface area contributed by atoms with E-state index in [1.54, 1.807) is 0 Å². The SMILES string of the molecule is Cc1ccc(-c2nc(-c3ccc(C)cc3)c3cc(-c4cc5ccccc5c5ccccc45)cc(-c4cc5ccccc5c5ccccc45)c3n2)cc1. The van der Waals surface area contributed by atoms with Gasteiger partial charge >= 0.3 is 0 Å². The molecule has 9 aromatic carbocycles. The molecule has 0 saturated carbocycles. The third-order valence-electron chi connectivity index (χ3n) is 10.6. The molecule has 1 heterocycles. The molecule has 0 bridgehead atoms. The largest absolute Gasteiger partial charge is 0.227 e. The van der Waals surface area contributed by atoms with Gasteiger partial charge in [0.05, 0.1) is 11.2 Å². The summed E-state index contributed by atoms with van der Waals surface area (Å²) in [4.78, 5) is 10.9. The van der Waals surface area contributed by atoms with Gasteiger partial charge in [-0.05, 0) is 97.9 Å². The highest BCUT2D eigenvalue weighted by Crippen LogP contribution is 2.44. The van der Waals surface area contributed by atoms with Crippen LogP contribution in [-0.4, -0.2) is 9.97 Å². The van der Waals surface area contributed by atoms with Gasteiger partial charge in [0.15, 0.2) is 5.82 Å². The van der Waals surface area contributed by atoms with Gasteiger partial charge in [0.1, 0.15) is 0 Å². The first-order valence-corrected chi connectivity index (χ1v) is 17.9. The Morgan fingerprint density at radius 1 is 0.327 bits per heavy atom. The molecule has 0 spiro atoms. The summed E-state index contributed by atoms with van der Waals surface area (Å²) in [5.74, 6) is 0.721. The Hall–Kier alpha value is -6.64. The summed E-state index contributed by atoms with van der Waals surface area (Å²) in [6.45, 7) is 4.25. The zero-order valence-electron chi connectivity index (χ0n) is 29.1. The maximum atomic E-state index is 5.48. The Morgan fingerprint density at radius 2 is 0.808 bits per heavy atom. The van der Waals surface area contributed by atoms with Gasteiger partial charge < -0.3 is 0 Å². The first-order chi connectivity index (χ1) is 25.6. The summed E-state index contributed by atoms with van der Waals surface area (Å²) in [6, 6.07) is 61.7. The van der Waals surface area contributed by atoms with Gasteiger partial charge in [-0.2, -0.15) is 0 Å². The normalized spacial score (nSPS) is 11.7. The highest BCUT2D eigenvalue weighted by molar-refractivity contribution is 6.19. The van der Waals surface area contributed by atoms with E-state index in [1.807, 2.05) is 0 Å². The molecular weight excluding hydrogens is 629 g/mol. The maximum absolute atomic E-state index is 5.48. The second-order valence-corrected chi connectivity index (χ2v) is 13.9.